The highest BCUT2D eigenvalue weighted by atomic mass is 35.5. The molecule has 0 amide bonds. The van der Waals surface area contributed by atoms with Gasteiger partial charge in [-0.3, -0.25) is 9.29 Å². The van der Waals surface area contributed by atoms with Gasteiger partial charge in [-0.2, -0.15) is 0 Å². The van der Waals surface area contributed by atoms with E-state index in [0.717, 1.165) is 0 Å². The molecular weight excluding hydrogens is 399 g/mol. The molecule has 3 rings (SSSR count). The molecule has 0 saturated carbocycles. The average molecular weight is 408 g/mol. The number of hydrogen-bond acceptors (Lipinski definition) is 4. The van der Waals surface area contributed by atoms with Gasteiger partial charge in [0.25, 0.3) is 10.0 Å². The van der Waals surface area contributed by atoms with Gasteiger partial charge in [-0.1, -0.05) is 34.8 Å². The lowest BCUT2D eigenvalue weighted by molar-refractivity contribution is 0.527. The number of oxazole rings is 1. The van der Waals surface area contributed by atoms with Crippen molar-refractivity contribution in [1.82, 2.24) is 4.57 Å². The van der Waals surface area contributed by atoms with E-state index in [-0.39, 0.29) is 26.2 Å². The van der Waals surface area contributed by atoms with Crippen molar-refractivity contribution in [2.45, 2.75) is 4.90 Å². The summed E-state index contributed by atoms with van der Waals surface area (Å²) >= 11 is 17.7. The molecule has 0 saturated heterocycles. The van der Waals surface area contributed by atoms with Crippen molar-refractivity contribution in [3.63, 3.8) is 0 Å². The fraction of sp³-hybridized carbons (Fsp3) is 0.0714. The second-order valence-electron chi connectivity index (χ2n) is 4.91. The van der Waals surface area contributed by atoms with Crippen molar-refractivity contribution < 1.29 is 12.8 Å². The van der Waals surface area contributed by atoms with E-state index in [9.17, 15) is 13.2 Å². The predicted molar refractivity (Wildman–Crippen MR) is 93.7 cm³/mol. The molecule has 10 heteroatoms. The summed E-state index contributed by atoms with van der Waals surface area (Å²) in [6.07, 6.45) is 0. The first-order chi connectivity index (χ1) is 11.2. The number of aromatic nitrogens is 1. The predicted octanol–water partition coefficient (Wildman–Crippen LogP) is 3.89. The normalized spacial score (nSPS) is 11.8. The Balaban J connectivity index is 2.09. The summed E-state index contributed by atoms with van der Waals surface area (Å²) in [5.41, 5.74) is 0.718. The fourth-order valence-corrected chi connectivity index (χ4v) is 3.99. The number of rotatable bonds is 3. The van der Waals surface area contributed by atoms with Crippen LogP contribution >= 0.6 is 34.8 Å². The minimum atomic E-state index is -4.02. The number of anilines is 1. The molecule has 0 aliphatic rings. The number of fused-ring (bicyclic) bond motifs is 1. The molecule has 0 unspecified atom stereocenters. The Bertz CT molecular complexity index is 1120. The summed E-state index contributed by atoms with van der Waals surface area (Å²) in [4.78, 5) is 11.3. The van der Waals surface area contributed by atoms with Gasteiger partial charge in [-0.15, -0.1) is 0 Å². The smallest absolute Gasteiger partial charge is 0.408 e. The molecule has 126 valence electrons. The molecule has 3 aromatic rings. The number of sulfonamides is 1. The fourth-order valence-electron chi connectivity index (χ4n) is 2.10. The summed E-state index contributed by atoms with van der Waals surface area (Å²) in [6.45, 7) is 0. The van der Waals surface area contributed by atoms with E-state index < -0.39 is 15.8 Å². The molecule has 1 aromatic heterocycles. The quantitative estimate of drug-likeness (QED) is 0.714. The van der Waals surface area contributed by atoms with E-state index in [1.165, 1.54) is 41.9 Å². The molecule has 6 nitrogen and oxygen atoms in total. The summed E-state index contributed by atoms with van der Waals surface area (Å²) < 4.78 is 33.7. The van der Waals surface area contributed by atoms with Gasteiger partial charge >= 0.3 is 5.76 Å². The summed E-state index contributed by atoms with van der Waals surface area (Å²) in [7, 11) is -2.53. The number of benzene rings is 2. The first-order valence-corrected chi connectivity index (χ1v) is 9.08. The van der Waals surface area contributed by atoms with Crippen LogP contribution in [0.2, 0.25) is 15.1 Å². The van der Waals surface area contributed by atoms with Crippen molar-refractivity contribution in [1.29, 1.82) is 0 Å². The van der Waals surface area contributed by atoms with Crippen LogP contribution in [0.1, 0.15) is 0 Å². The SMILES string of the molecule is Cn1c(=O)oc2cc(S(=O)(=O)Nc3ccc(Cl)c(Cl)c3)c(Cl)cc21. The molecule has 0 fully saturated rings. The van der Waals surface area contributed by atoms with E-state index in [4.69, 9.17) is 39.2 Å². The third-order valence-electron chi connectivity index (χ3n) is 3.31. The maximum absolute atomic E-state index is 12.6. The zero-order chi connectivity index (χ0) is 17.6. The largest absolute Gasteiger partial charge is 0.419 e. The van der Waals surface area contributed by atoms with Crippen LogP contribution in [-0.4, -0.2) is 13.0 Å². The van der Waals surface area contributed by atoms with Crippen molar-refractivity contribution in [3.05, 3.63) is 56.0 Å². The lowest BCUT2D eigenvalue weighted by Crippen LogP contribution is -2.13. The molecule has 0 aliphatic heterocycles. The molecule has 0 spiro atoms. The third-order valence-corrected chi connectivity index (χ3v) is 5.89. The second kappa shape index (κ2) is 6.00. The van der Waals surface area contributed by atoms with Crippen LogP contribution in [0.3, 0.4) is 0 Å². The van der Waals surface area contributed by atoms with Crippen molar-refractivity contribution in [2.75, 3.05) is 4.72 Å². The van der Waals surface area contributed by atoms with Gasteiger partial charge in [0.2, 0.25) is 0 Å². The Labute approximate surface area is 151 Å². The Morgan fingerprint density at radius 2 is 1.75 bits per heavy atom. The van der Waals surface area contributed by atoms with Crippen LogP contribution in [-0.2, 0) is 17.1 Å². The maximum Gasteiger partial charge on any atom is 0.419 e. The number of aryl methyl sites for hydroxylation is 1. The van der Waals surface area contributed by atoms with Crippen molar-refractivity contribution >= 4 is 61.6 Å². The Morgan fingerprint density at radius 1 is 1.04 bits per heavy atom. The number of nitrogens with one attached hydrogen (secondary N) is 1. The second-order valence-corrected chi connectivity index (χ2v) is 7.78. The zero-order valence-electron chi connectivity index (χ0n) is 12.0. The number of hydrogen-bond donors (Lipinski definition) is 1. The first kappa shape index (κ1) is 17.2. The molecule has 0 radical (unpaired) electrons. The van der Waals surface area contributed by atoms with Gasteiger partial charge in [-0.05, 0) is 24.3 Å². The van der Waals surface area contributed by atoms with Gasteiger partial charge < -0.3 is 4.42 Å². The van der Waals surface area contributed by atoms with Crippen LogP contribution in [0.15, 0.2) is 44.4 Å². The highest BCUT2D eigenvalue weighted by molar-refractivity contribution is 7.92. The number of nitrogens with zero attached hydrogens (tertiary/aromatic N) is 1. The molecule has 1 N–H and O–H groups in total. The third kappa shape index (κ3) is 3.00. The van der Waals surface area contributed by atoms with E-state index >= 15 is 0 Å². The molecule has 1 heterocycles. The zero-order valence-corrected chi connectivity index (χ0v) is 15.1. The van der Waals surface area contributed by atoms with Crippen LogP contribution < -0.4 is 10.5 Å². The van der Waals surface area contributed by atoms with E-state index in [0.29, 0.717) is 10.5 Å². The summed E-state index contributed by atoms with van der Waals surface area (Å²) in [6, 6.07) is 6.84. The Kier molecular flexibility index (Phi) is 4.29. The van der Waals surface area contributed by atoms with Gasteiger partial charge in [0, 0.05) is 13.1 Å². The van der Waals surface area contributed by atoms with Crippen LogP contribution in [0.5, 0.6) is 0 Å². The molecule has 24 heavy (non-hydrogen) atoms. The Hall–Kier alpha value is -1.67. The molecular formula is C14H9Cl3N2O4S. The highest BCUT2D eigenvalue weighted by Gasteiger charge is 2.21. The van der Waals surface area contributed by atoms with E-state index in [1.807, 2.05) is 0 Å². The van der Waals surface area contributed by atoms with Crippen LogP contribution in [0.25, 0.3) is 11.1 Å². The van der Waals surface area contributed by atoms with E-state index in [2.05, 4.69) is 4.72 Å². The maximum atomic E-state index is 12.6. The monoisotopic (exact) mass is 406 g/mol. The van der Waals surface area contributed by atoms with E-state index in [1.54, 1.807) is 0 Å². The standard InChI is InChI=1S/C14H9Cl3N2O4S/c1-19-11-5-10(17)13(6-12(11)23-14(19)20)24(21,22)18-7-2-3-8(15)9(16)4-7/h2-6,18H,1H3. The lowest BCUT2D eigenvalue weighted by atomic mass is 10.3. The summed E-state index contributed by atoms with van der Waals surface area (Å²) in [5.74, 6) is -0.618. The van der Waals surface area contributed by atoms with Crippen molar-refractivity contribution in [2.24, 2.45) is 7.05 Å². The Morgan fingerprint density at radius 3 is 2.42 bits per heavy atom. The highest BCUT2D eigenvalue weighted by Crippen LogP contribution is 2.30. The first-order valence-electron chi connectivity index (χ1n) is 6.46. The average Bonchev–Trinajstić information content (AvgIpc) is 2.77. The molecule has 0 bridgehead atoms. The molecule has 2 aromatic carbocycles. The van der Waals surface area contributed by atoms with Crippen molar-refractivity contribution in [3.8, 4) is 0 Å². The molecule has 0 atom stereocenters. The topological polar surface area (TPSA) is 81.3 Å². The minimum absolute atomic E-state index is 0.0496. The van der Waals surface area contributed by atoms with Gasteiger partial charge in [0.05, 0.1) is 26.3 Å². The van der Waals surface area contributed by atoms with Crippen LogP contribution in [0.4, 0.5) is 5.69 Å². The molecule has 0 aliphatic carbocycles. The van der Waals surface area contributed by atoms with Crippen LogP contribution in [0, 0.1) is 0 Å². The van der Waals surface area contributed by atoms with Gasteiger partial charge in [-0.25, -0.2) is 13.2 Å². The van der Waals surface area contributed by atoms with Gasteiger partial charge in [0.15, 0.2) is 5.58 Å². The summed E-state index contributed by atoms with van der Waals surface area (Å²) in [5, 5.41) is 0.448. The number of halogens is 3. The van der Waals surface area contributed by atoms with Gasteiger partial charge in [0.1, 0.15) is 4.90 Å². The lowest BCUT2D eigenvalue weighted by Gasteiger charge is -2.10. The minimum Gasteiger partial charge on any atom is -0.408 e.